The Morgan fingerprint density at radius 3 is 2.28 bits per heavy atom. The first-order valence-electron chi connectivity index (χ1n) is 12.3. The van der Waals surface area contributed by atoms with Crippen molar-refractivity contribution in [1.82, 2.24) is 30.7 Å². The summed E-state index contributed by atoms with van der Waals surface area (Å²) in [7, 11) is -4.01. The molecule has 1 atom stereocenters. The molecule has 3 aromatic carbocycles. The second kappa shape index (κ2) is 12.3. The Balaban J connectivity index is 1.42. The van der Waals surface area contributed by atoms with Gasteiger partial charge in [-0.05, 0) is 46.5 Å². The van der Waals surface area contributed by atoms with Crippen LogP contribution in [0.5, 0.6) is 0 Å². The number of ether oxygens (including phenoxy) is 1. The van der Waals surface area contributed by atoms with E-state index in [1.54, 1.807) is 0 Å². The largest absolute Gasteiger partial charge is 0.375 e. The zero-order valence-electron chi connectivity index (χ0n) is 21.7. The molecule has 0 saturated carbocycles. The molecule has 0 aliphatic rings. The van der Waals surface area contributed by atoms with Gasteiger partial charge >= 0.3 is 0 Å². The first kappa shape index (κ1) is 28.0. The van der Waals surface area contributed by atoms with Crippen LogP contribution in [-0.4, -0.2) is 52.5 Å². The summed E-state index contributed by atoms with van der Waals surface area (Å²) < 4.78 is 33.4. The lowest BCUT2D eigenvalue weighted by Gasteiger charge is -2.24. The summed E-state index contributed by atoms with van der Waals surface area (Å²) >= 11 is 0. The molecule has 4 rings (SSSR count). The number of H-pyrrole nitrogens is 1. The zero-order chi connectivity index (χ0) is 27.9. The third-order valence-corrected chi connectivity index (χ3v) is 7.94. The average Bonchev–Trinajstić information content (AvgIpc) is 3.46. The van der Waals surface area contributed by atoms with E-state index in [1.807, 2.05) is 78.9 Å². The molecule has 0 aliphatic heterocycles. The number of hydrogen-bond donors (Lipinski definition) is 4. The second-order valence-electron chi connectivity index (χ2n) is 9.49. The molecule has 0 bridgehead atoms. The van der Waals surface area contributed by atoms with Gasteiger partial charge in [-0.2, -0.15) is 4.72 Å². The highest BCUT2D eigenvalue weighted by molar-refractivity contribution is 7.90. The summed E-state index contributed by atoms with van der Waals surface area (Å²) in [4.78, 5) is 11.5. The smallest absolute Gasteiger partial charge is 0.240 e. The summed E-state index contributed by atoms with van der Waals surface area (Å²) in [6, 6.07) is 23.6. The summed E-state index contributed by atoms with van der Waals surface area (Å²) in [5.74, 6) is 0.0358. The van der Waals surface area contributed by atoms with Gasteiger partial charge in [-0.15, -0.1) is 5.10 Å². The highest BCUT2D eigenvalue weighted by Crippen LogP contribution is 2.29. The molecule has 0 aliphatic carbocycles. The van der Waals surface area contributed by atoms with Crippen LogP contribution >= 0.6 is 0 Å². The average molecular weight is 550 g/mol. The van der Waals surface area contributed by atoms with Gasteiger partial charge in [-0.25, -0.2) is 13.5 Å². The number of nitrogens with one attached hydrogen (secondary N) is 3. The van der Waals surface area contributed by atoms with Gasteiger partial charge < -0.3 is 15.8 Å². The van der Waals surface area contributed by atoms with Crippen molar-refractivity contribution in [3.05, 3.63) is 90.0 Å². The SMILES string of the molecule is CC(C)(N)S(=O)(=O)NC(COCc1ccccc1)C(=O)NCc1ccc(-c2ccccc2-c2nnn[nH]2)cc1. The van der Waals surface area contributed by atoms with E-state index in [-0.39, 0.29) is 19.8 Å². The van der Waals surface area contributed by atoms with Crippen molar-refractivity contribution in [2.75, 3.05) is 6.61 Å². The minimum Gasteiger partial charge on any atom is -0.375 e. The predicted molar refractivity (Wildman–Crippen MR) is 147 cm³/mol. The normalized spacial score (nSPS) is 12.7. The van der Waals surface area contributed by atoms with Crippen LogP contribution in [0.15, 0.2) is 78.9 Å². The molecule has 0 spiro atoms. The van der Waals surface area contributed by atoms with E-state index in [1.165, 1.54) is 13.8 Å². The molecule has 0 saturated heterocycles. The fourth-order valence-electron chi connectivity index (χ4n) is 3.70. The maximum atomic E-state index is 13.0. The molecule has 0 radical (unpaired) electrons. The topological polar surface area (TPSA) is 165 Å². The molecule has 11 nitrogen and oxygen atoms in total. The van der Waals surface area contributed by atoms with Crippen LogP contribution in [0.4, 0.5) is 0 Å². The van der Waals surface area contributed by atoms with E-state index in [2.05, 4.69) is 30.7 Å². The van der Waals surface area contributed by atoms with Crippen molar-refractivity contribution in [3.63, 3.8) is 0 Å². The van der Waals surface area contributed by atoms with Gasteiger partial charge in [-0.1, -0.05) is 78.9 Å². The molecule has 1 amide bonds. The van der Waals surface area contributed by atoms with Gasteiger partial charge in [0.25, 0.3) is 0 Å². The molecule has 1 unspecified atom stereocenters. The number of tetrazole rings is 1. The predicted octanol–water partition coefficient (Wildman–Crippen LogP) is 2.35. The number of nitrogens with two attached hydrogens (primary N) is 1. The monoisotopic (exact) mass is 549 g/mol. The van der Waals surface area contributed by atoms with Crippen molar-refractivity contribution >= 4 is 15.9 Å². The third kappa shape index (κ3) is 7.33. The van der Waals surface area contributed by atoms with Gasteiger partial charge in [0.2, 0.25) is 15.9 Å². The van der Waals surface area contributed by atoms with Crippen LogP contribution in [0.3, 0.4) is 0 Å². The van der Waals surface area contributed by atoms with Gasteiger partial charge in [0.1, 0.15) is 10.9 Å². The second-order valence-corrected chi connectivity index (χ2v) is 11.8. The van der Waals surface area contributed by atoms with E-state index in [0.717, 1.165) is 27.8 Å². The van der Waals surface area contributed by atoms with Crippen molar-refractivity contribution < 1.29 is 17.9 Å². The first-order valence-corrected chi connectivity index (χ1v) is 13.7. The highest BCUT2D eigenvalue weighted by Gasteiger charge is 2.34. The highest BCUT2D eigenvalue weighted by atomic mass is 32.2. The molecule has 12 heteroatoms. The Morgan fingerprint density at radius 2 is 1.64 bits per heavy atom. The standard InChI is InChI=1S/C27H31N7O4S/c1-27(2,28)39(36,37)32-24(18-38-17-20-8-4-3-5-9-20)26(35)29-16-19-12-14-21(15-13-19)22-10-6-7-11-23(22)25-30-33-34-31-25/h3-15,24,32H,16-18,28H2,1-2H3,(H,29,35)(H,30,31,33,34). The molecular formula is C27H31N7O4S. The van der Waals surface area contributed by atoms with Crippen LogP contribution in [0, 0.1) is 0 Å². The van der Waals surface area contributed by atoms with E-state index in [4.69, 9.17) is 10.5 Å². The number of aromatic amines is 1. The molecule has 204 valence electrons. The molecule has 1 aromatic heterocycles. The van der Waals surface area contributed by atoms with Crippen molar-refractivity contribution in [2.24, 2.45) is 5.73 Å². The first-order chi connectivity index (χ1) is 18.6. The van der Waals surface area contributed by atoms with Gasteiger partial charge in [0, 0.05) is 12.1 Å². The van der Waals surface area contributed by atoms with E-state index >= 15 is 0 Å². The summed E-state index contributed by atoms with van der Waals surface area (Å²) in [5, 5.41) is 16.9. The number of carbonyl (C=O) groups excluding carboxylic acids is 1. The number of amides is 1. The minimum absolute atomic E-state index is 0.164. The molecule has 0 fully saturated rings. The fraction of sp³-hybridized carbons (Fsp3) is 0.259. The summed E-state index contributed by atoms with van der Waals surface area (Å²) in [5.41, 5.74) is 10.3. The van der Waals surface area contributed by atoms with Crippen molar-refractivity contribution in [1.29, 1.82) is 0 Å². The third-order valence-electron chi connectivity index (χ3n) is 5.96. The molecule has 5 N–H and O–H groups in total. The van der Waals surface area contributed by atoms with Crippen molar-refractivity contribution in [2.45, 2.75) is 37.9 Å². The maximum absolute atomic E-state index is 13.0. The Labute approximate surface area is 227 Å². The number of hydrogen-bond acceptors (Lipinski definition) is 8. The zero-order valence-corrected chi connectivity index (χ0v) is 22.5. The lowest BCUT2D eigenvalue weighted by molar-refractivity contribution is -0.124. The number of aromatic nitrogens is 4. The summed E-state index contributed by atoms with van der Waals surface area (Å²) in [6.07, 6.45) is 0. The molecular weight excluding hydrogens is 518 g/mol. The number of nitrogens with zero attached hydrogens (tertiary/aromatic N) is 3. The van der Waals surface area contributed by atoms with Crippen molar-refractivity contribution in [3.8, 4) is 22.5 Å². The lowest BCUT2D eigenvalue weighted by atomic mass is 9.98. The minimum atomic E-state index is -4.01. The summed E-state index contributed by atoms with van der Waals surface area (Å²) in [6.45, 7) is 2.96. The fourth-order valence-corrected chi connectivity index (χ4v) is 4.55. The van der Waals surface area contributed by atoms with Crippen LogP contribution in [0.25, 0.3) is 22.5 Å². The van der Waals surface area contributed by atoms with Gasteiger partial charge in [0.05, 0.1) is 13.2 Å². The van der Waals surface area contributed by atoms with E-state index in [9.17, 15) is 13.2 Å². The number of benzene rings is 3. The maximum Gasteiger partial charge on any atom is 0.240 e. The molecule has 39 heavy (non-hydrogen) atoms. The number of sulfonamides is 1. The number of rotatable bonds is 12. The Morgan fingerprint density at radius 1 is 0.974 bits per heavy atom. The lowest BCUT2D eigenvalue weighted by Crippen LogP contribution is -2.56. The van der Waals surface area contributed by atoms with Crippen LogP contribution < -0.4 is 15.8 Å². The molecule has 4 aromatic rings. The quantitative estimate of drug-likeness (QED) is 0.209. The van der Waals surface area contributed by atoms with Gasteiger partial charge in [0.15, 0.2) is 5.82 Å². The Kier molecular flexibility index (Phi) is 8.82. The van der Waals surface area contributed by atoms with Crippen LogP contribution in [0.1, 0.15) is 25.0 Å². The van der Waals surface area contributed by atoms with Crippen LogP contribution in [0.2, 0.25) is 0 Å². The molecule has 1 heterocycles. The van der Waals surface area contributed by atoms with Crippen LogP contribution in [-0.2, 0) is 32.7 Å². The van der Waals surface area contributed by atoms with Gasteiger partial charge in [-0.3, -0.25) is 4.79 Å². The van der Waals surface area contributed by atoms with E-state index < -0.39 is 26.8 Å². The Hall–Kier alpha value is -3.97. The number of carbonyl (C=O) groups is 1. The Bertz CT molecular complexity index is 1470. The van der Waals surface area contributed by atoms with E-state index in [0.29, 0.717) is 5.82 Å².